The largest absolute Gasteiger partial charge is 0.464 e. The van der Waals surface area contributed by atoms with Gasteiger partial charge in [0.25, 0.3) is 5.91 Å². The number of hydrogen-bond acceptors (Lipinski definition) is 5. The Bertz CT molecular complexity index is 1110. The molecule has 2 aliphatic rings. The molecule has 1 aliphatic carbocycles. The van der Waals surface area contributed by atoms with Crippen LogP contribution in [-0.2, 0) is 0 Å². The van der Waals surface area contributed by atoms with Gasteiger partial charge in [-0.25, -0.2) is 4.98 Å². The third kappa shape index (κ3) is 4.34. The second-order valence-electron chi connectivity index (χ2n) is 8.90. The summed E-state index contributed by atoms with van der Waals surface area (Å²) < 4.78 is 5.63. The summed E-state index contributed by atoms with van der Waals surface area (Å²) in [4.78, 5) is 22.5. The van der Waals surface area contributed by atoms with Crippen LogP contribution in [-0.4, -0.2) is 52.9 Å². The van der Waals surface area contributed by atoms with Crippen molar-refractivity contribution in [2.75, 3.05) is 31.5 Å². The molecule has 1 N–H and O–H groups in total. The lowest BCUT2D eigenvalue weighted by Gasteiger charge is -2.40. The summed E-state index contributed by atoms with van der Waals surface area (Å²) in [5, 5.41) is 4.83. The van der Waals surface area contributed by atoms with E-state index in [1.54, 1.807) is 12.3 Å². The monoisotopic (exact) mass is 452 g/mol. The average Bonchev–Trinajstić information content (AvgIpc) is 3.31. The molecular weight excluding hydrogens is 424 g/mol. The van der Waals surface area contributed by atoms with Gasteiger partial charge in [0.1, 0.15) is 17.1 Å². The van der Waals surface area contributed by atoms with E-state index in [4.69, 9.17) is 16.0 Å². The van der Waals surface area contributed by atoms with Crippen molar-refractivity contribution in [2.45, 2.75) is 45.1 Å². The van der Waals surface area contributed by atoms with Gasteiger partial charge in [0.05, 0.1) is 11.6 Å². The number of fused-ring (bicyclic) bond motifs is 1. The number of piperazine rings is 1. The Hall–Kier alpha value is -2.57. The van der Waals surface area contributed by atoms with E-state index in [9.17, 15) is 4.79 Å². The third-order valence-corrected chi connectivity index (χ3v) is 7.20. The van der Waals surface area contributed by atoms with Crippen LogP contribution in [0.25, 0.3) is 11.0 Å². The Morgan fingerprint density at radius 1 is 1.09 bits per heavy atom. The number of carbonyl (C=O) groups is 1. The highest BCUT2D eigenvalue weighted by atomic mass is 35.5. The number of aryl methyl sites for hydroxylation is 1. The number of carbonyl (C=O) groups excluding carboxylic acids is 1. The Morgan fingerprint density at radius 3 is 2.62 bits per heavy atom. The Morgan fingerprint density at radius 2 is 1.88 bits per heavy atom. The van der Waals surface area contributed by atoms with E-state index in [0.717, 1.165) is 42.8 Å². The summed E-state index contributed by atoms with van der Waals surface area (Å²) in [7, 11) is 0. The van der Waals surface area contributed by atoms with Gasteiger partial charge in [-0.05, 0) is 43.5 Å². The SMILES string of the molecule is Cc1ccc(Nc2nc(C(=O)N3CCN(C4CCCCC4)CC3)cc3occc23)cc1Cl. The van der Waals surface area contributed by atoms with Crippen LogP contribution < -0.4 is 5.32 Å². The highest BCUT2D eigenvalue weighted by Gasteiger charge is 2.28. The van der Waals surface area contributed by atoms with E-state index in [-0.39, 0.29) is 5.91 Å². The van der Waals surface area contributed by atoms with Crippen LogP contribution in [0.5, 0.6) is 0 Å². The van der Waals surface area contributed by atoms with Crippen molar-refractivity contribution >= 4 is 40.0 Å². The lowest BCUT2D eigenvalue weighted by molar-refractivity contribution is 0.0518. The molecule has 168 valence electrons. The first-order valence-corrected chi connectivity index (χ1v) is 11.9. The average molecular weight is 453 g/mol. The fraction of sp³-hybridized carbons (Fsp3) is 0.440. The van der Waals surface area contributed by atoms with Gasteiger partial charge < -0.3 is 14.6 Å². The highest BCUT2D eigenvalue weighted by Crippen LogP contribution is 2.29. The first kappa shape index (κ1) is 21.3. The van der Waals surface area contributed by atoms with Gasteiger partial charge in [0.15, 0.2) is 0 Å². The van der Waals surface area contributed by atoms with E-state index in [2.05, 4.69) is 15.2 Å². The zero-order valence-electron chi connectivity index (χ0n) is 18.4. The van der Waals surface area contributed by atoms with Crippen molar-refractivity contribution in [3.63, 3.8) is 0 Å². The number of amides is 1. The summed E-state index contributed by atoms with van der Waals surface area (Å²) in [6.45, 7) is 5.32. The number of pyridine rings is 1. The molecule has 1 saturated carbocycles. The van der Waals surface area contributed by atoms with Crippen molar-refractivity contribution < 1.29 is 9.21 Å². The van der Waals surface area contributed by atoms with E-state index < -0.39 is 0 Å². The number of hydrogen-bond donors (Lipinski definition) is 1. The van der Waals surface area contributed by atoms with Gasteiger partial charge in [-0.3, -0.25) is 9.69 Å². The van der Waals surface area contributed by atoms with Crippen molar-refractivity contribution in [3.8, 4) is 0 Å². The second kappa shape index (κ2) is 9.12. The number of rotatable bonds is 4. The quantitative estimate of drug-likeness (QED) is 0.556. The number of nitrogens with one attached hydrogen (secondary N) is 1. The number of aromatic nitrogens is 1. The highest BCUT2D eigenvalue weighted by molar-refractivity contribution is 6.31. The third-order valence-electron chi connectivity index (χ3n) is 6.80. The number of halogens is 1. The molecule has 0 bridgehead atoms. The molecule has 5 rings (SSSR count). The molecule has 6 nitrogen and oxygen atoms in total. The Labute approximate surface area is 193 Å². The van der Waals surface area contributed by atoms with Crippen molar-refractivity contribution in [2.24, 2.45) is 0 Å². The molecule has 1 saturated heterocycles. The number of anilines is 2. The molecule has 3 heterocycles. The van der Waals surface area contributed by atoms with Gasteiger partial charge in [0.2, 0.25) is 0 Å². The van der Waals surface area contributed by atoms with Gasteiger partial charge in [-0.2, -0.15) is 0 Å². The molecule has 1 aromatic carbocycles. The van der Waals surface area contributed by atoms with Gasteiger partial charge in [-0.1, -0.05) is 36.9 Å². The summed E-state index contributed by atoms with van der Waals surface area (Å²) in [5.41, 5.74) is 2.88. The molecule has 3 aromatic rings. The molecule has 0 spiro atoms. The predicted molar refractivity (Wildman–Crippen MR) is 128 cm³/mol. The smallest absolute Gasteiger partial charge is 0.272 e. The first-order valence-electron chi connectivity index (χ1n) is 11.5. The van der Waals surface area contributed by atoms with Crippen molar-refractivity contribution in [1.82, 2.24) is 14.8 Å². The van der Waals surface area contributed by atoms with Gasteiger partial charge in [0, 0.05) is 49.0 Å². The van der Waals surface area contributed by atoms with Gasteiger partial charge >= 0.3 is 0 Å². The molecule has 7 heteroatoms. The molecule has 0 radical (unpaired) electrons. The summed E-state index contributed by atoms with van der Waals surface area (Å²) in [5.74, 6) is 0.553. The lowest BCUT2D eigenvalue weighted by Crippen LogP contribution is -2.52. The Kier molecular flexibility index (Phi) is 6.07. The van der Waals surface area contributed by atoms with Crippen LogP contribution in [0.2, 0.25) is 5.02 Å². The number of furan rings is 1. The summed E-state index contributed by atoms with van der Waals surface area (Å²) >= 11 is 6.28. The number of benzene rings is 1. The minimum atomic E-state index is -0.0448. The lowest BCUT2D eigenvalue weighted by atomic mass is 9.94. The molecule has 1 amide bonds. The summed E-state index contributed by atoms with van der Waals surface area (Å²) in [6.07, 6.45) is 8.24. The summed E-state index contributed by atoms with van der Waals surface area (Å²) in [6, 6.07) is 10.1. The molecular formula is C25H29ClN4O2. The standard InChI is InChI=1S/C25H29ClN4O2/c1-17-7-8-18(15-21(17)26)27-24-20-9-14-32-23(20)16-22(28-24)25(31)30-12-10-29(11-13-30)19-5-3-2-4-6-19/h7-9,14-16,19H,2-6,10-13H2,1H3,(H,27,28). The van der Waals surface area contributed by atoms with Crippen LogP contribution in [0.1, 0.15) is 48.2 Å². The van der Waals surface area contributed by atoms with Crippen LogP contribution >= 0.6 is 11.6 Å². The molecule has 2 aromatic heterocycles. The second-order valence-corrected chi connectivity index (χ2v) is 9.30. The van der Waals surface area contributed by atoms with Crippen LogP contribution in [0.4, 0.5) is 11.5 Å². The van der Waals surface area contributed by atoms with Crippen LogP contribution in [0, 0.1) is 6.92 Å². The van der Waals surface area contributed by atoms with Crippen LogP contribution in [0.15, 0.2) is 41.0 Å². The van der Waals surface area contributed by atoms with Gasteiger partial charge in [-0.15, -0.1) is 0 Å². The first-order chi connectivity index (χ1) is 15.6. The minimum absolute atomic E-state index is 0.0448. The minimum Gasteiger partial charge on any atom is -0.464 e. The topological polar surface area (TPSA) is 61.6 Å². The fourth-order valence-electron chi connectivity index (χ4n) is 4.88. The van der Waals surface area contributed by atoms with Crippen LogP contribution in [0.3, 0.4) is 0 Å². The van der Waals surface area contributed by atoms with E-state index in [1.807, 2.05) is 36.1 Å². The predicted octanol–water partition coefficient (Wildman–Crippen LogP) is 5.62. The maximum atomic E-state index is 13.3. The molecule has 1 aliphatic heterocycles. The fourth-order valence-corrected chi connectivity index (χ4v) is 5.06. The molecule has 2 fully saturated rings. The maximum absolute atomic E-state index is 13.3. The van der Waals surface area contributed by atoms with E-state index >= 15 is 0 Å². The normalized spacial score (nSPS) is 18.2. The zero-order chi connectivity index (χ0) is 22.1. The zero-order valence-corrected chi connectivity index (χ0v) is 19.2. The number of nitrogens with zero attached hydrogens (tertiary/aromatic N) is 3. The molecule has 32 heavy (non-hydrogen) atoms. The molecule has 0 atom stereocenters. The molecule has 0 unspecified atom stereocenters. The van der Waals surface area contributed by atoms with Crippen molar-refractivity contribution in [1.29, 1.82) is 0 Å². The Balaban J connectivity index is 1.34. The van der Waals surface area contributed by atoms with Crippen molar-refractivity contribution in [3.05, 3.63) is 52.9 Å². The van der Waals surface area contributed by atoms with E-state index in [1.165, 1.54) is 32.1 Å². The maximum Gasteiger partial charge on any atom is 0.272 e. The van der Waals surface area contributed by atoms with E-state index in [0.29, 0.717) is 28.2 Å².